The van der Waals surface area contributed by atoms with Crippen LogP contribution in [0.2, 0.25) is 0 Å². The Bertz CT molecular complexity index is 941. The van der Waals surface area contributed by atoms with Crippen molar-refractivity contribution in [3.05, 3.63) is 27.9 Å². The second-order valence-electron chi connectivity index (χ2n) is 7.03. The molecule has 0 spiro atoms. The number of fused-ring (bicyclic) bond motifs is 3. The predicted molar refractivity (Wildman–Crippen MR) is 105 cm³/mol. The molecule has 0 saturated heterocycles. The number of rotatable bonds is 5. The summed E-state index contributed by atoms with van der Waals surface area (Å²) in [5, 5.41) is 18.8. The summed E-state index contributed by atoms with van der Waals surface area (Å²) in [6, 6.07) is 2.02. The van der Waals surface area contributed by atoms with Gasteiger partial charge in [0, 0.05) is 10.6 Å². The van der Waals surface area contributed by atoms with Crippen molar-refractivity contribution in [3.63, 3.8) is 0 Å². The van der Waals surface area contributed by atoms with Crippen molar-refractivity contribution in [2.24, 2.45) is 0 Å². The topological polar surface area (TPSA) is 75.9 Å². The van der Waals surface area contributed by atoms with E-state index in [-0.39, 0.29) is 12.6 Å². The Labute approximate surface area is 157 Å². The van der Waals surface area contributed by atoms with Gasteiger partial charge in [0.15, 0.2) is 0 Å². The molecule has 3 aromatic rings. The van der Waals surface area contributed by atoms with Gasteiger partial charge in [0.1, 0.15) is 10.6 Å². The molecule has 1 aliphatic carbocycles. The third-order valence-electron chi connectivity index (χ3n) is 5.06. The standard InChI is InChI=1S/C19H25N5OS/c1-4-13(10-25)20-17-16-14-7-5-6-8-15(14)26-18(16)22-19(21-17)24-12(3)9-11(2)23-24/h9,13,25H,4-8,10H2,1-3H3,(H,20,21,22)/t13-/m0/s1. The van der Waals surface area contributed by atoms with Gasteiger partial charge in [0.25, 0.3) is 5.95 Å². The molecule has 0 amide bonds. The monoisotopic (exact) mass is 371 g/mol. The molecule has 7 heteroatoms. The average molecular weight is 372 g/mol. The number of hydrogen-bond acceptors (Lipinski definition) is 6. The molecule has 0 fully saturated rings. The summed E-state index contributed by atoms with van der Waals surface area (Å²) in [5.41, 5.74) is 3.36. The number of aryl methyl sites for hydroxylation is 4. The lowest BCUT2D eigenvalue weighted by Gasteiger charge is -2.18. The van der Waals surface area contributed by atoms with Gasteiger partial charge in [-0.3, -0.25) is 0 Å². The number of aromatic nitrogens is 4. The highest BCUT2D eigenvalue weighted by Gasteiger charge is 2.23. The minimum atomic E-state index is -0.0134. The summed E-state index contributed by atoms with van der Waals surface area (Å²) in [4.78, 5) is 12.1. The molecule has 0 saturated carbocycles. The number of anilines is 1. The SMILES string of the molecule is CC[C@@H](CO)Nc1nc(-n2nc(C)cc2C)nc2sc3c(c12)CCCC3. The fourth-order valence-corrected chi connectivity index (χ4v) is 4.90. The maximum absolute atomic E-state index is 9.66. The van der Waals surface area contributed by atoms with Gasteiger partial charge in [-0.25, -0.2) is 4.68 Å². The van der Waals surface area contributed by atoms with Crippen LogP contribution in [0.5, 0.6) is 0 Å². The van der Waals surface area contributed by atoms with E-state index in [1.54, 1.807) is 16.0 Å². The molecular weight excluding hydrogens is 346 g/mol. The highest BCUT2D eigenvalue weighted by Crippen LogP contribution is 2.39. The van der Waals surface area contributed by atoms with Crippen LogP contribution in [-0.2, 0) is 12.8 Å². The Morgan fingerprint density at radius 2 is 2.08 bits per heavy atom. The van der Waals surface area contributed by atoms with Crippen LogP contribution in [0.4, 0.5) is 5.82 Å². The summed E-state index contributed by atoms with van der Waals surface area (Å²) in [6.07, 6.45) is 5.51. The van der Waals surface area contributed by atoms with Gasteiger partial charge >= 0.3 is 0 Å². The van der Waals surface area contributed by atoms with E-state index in [9.17, 15) is 5.11 Å². The first-order valence-electron chi connectivity index (χ1n) is 9.34. The van der Waals surface area contributed by atoms with Crippen molar-refractivity contribution in [2.75, 3.05) is 11.9 Å². The summed E-state index contributed by atoms with van der Waals surface area (Å²) in [5.74, 6) is 1.43. The van der Waals surface area contributed by atoms with Crippen molar-refractivity contribution in [1.82, 2.24) is 19.7 Å². The fraction of sp³-hybridized carbons (Fsp3) is 0.526. The first-order valence-corrected chi connectivity index (χ1v) is 10.2. The Morgan fingerprint density at radius 3 is 2.77 bits per heavy atom. The predicted octanol–water partition coefficient (Wildman–Crippen LogP) is 3.56. The third-order valence-corrected chi connectivity index (χ3v) is 6.24. The van der Waals surface area contributed by atoms with Gasteiger partial charge in [-0.05, 0) is 57.6 Å². The molecule has 138 valence electrons. The van der Waals surface area contributed by atoms with Crippen LogP contribution >= 0.6 is 11.3 Å². The van der Waals surface area contributed by atoms with E-state index in [2.05, 4.69) is 17.3 Å². The summed E-state index contributed by atoms with van der Waals surface area (Å²) in [6.45, 7) is 6.15. The lowest BCUT2D eigenvalue weighted by atomic mass is 9.97. The van der Waals surface area contributed by atoms with Gasteiger partial charge in [-0.2, -0.15) is 15.1 Å². The maximum atomic E-state index is 9.66. The molecule has 0 aromatic carbocycles. The molecular formula is C19H25N5OS. The zero-order chi connectivity index (χ0) is 18.3. The molecule has 2 N–H and O–H groups in total. The van der Waals surface area contributed by atoms with Gasteiger partial charge in [0.05, 0.1) is 23.7 Å². The molecule has 4 rings (SSSR count). The number of aliphatic hydroxyl groups excluding tert-OH is 1. The molecule has 0 aliphatic heterocycles. The van der Waals surface area contributed by atoms with Crippen molar-refractivity contribution in [1.29, 1.82) is 0 Å². The average Bonchev–Trinajstić information content (AvgIpc) is 3.18. The molecule has 3 heterocycles. The Kier molecular flexibility index (Phi) is 4.67. The quantitative estimate of drug-likeness (QED) is 0.717. The van der Waals surface area contributed by atoms with Crippen LogP contribution in [-0.4, -0.2) is 37.5 Å². The summed E-state index contributed by atoms with van der Waals surface area (Å²) < 4.78 is 1.80. The van der Waals surface area contributed by atoms with E-state index in [1.807, 2.05) is 19.9 Å². The molecule has 0 radical (unpaired) electrons. The smallest absolute Gasteiger partial charge is 0.254 e. The molecule has 1 atom stereocenters. The minimum Gasteiger partial charge on any atom is -0.394 e. The number of hydrogen-bond donors (Lipinski definition) is 2. The van der Waals surface area contributed by atoms with Crippen LogP contribution < -0.4 is 5.32 Å². The van der Waals surface area contributed by atoms with E-state index in [0.29, 0.717) is 5.95 Å². The van der Waals surface area contributed by atoms with E-state index in [0.717, 1.165) is 46.7 Å². The number of nitrogens with zero attached hydrogens (tertiary/aromatic N) is 4. The molecule has 0 bridgehead atoms. The summed E-state index contributed by atoms with van der Waals surface area (Å²) >= 11 is 1.78. The van der Waals surface area contributed by atoms with Crippen molar-refractivity contribution >= 4 is 27.4 Å². The molecule has 3 aromatic heterocycles. The number of nitrogens with one attached hydrogen (secondary N) is 1. The highest BCUT2D eigenvalue weighted by atomic mass is 32.1. The molecule has 26 heavy (non-hydrogen) atoms. The Hall–Kier alpha value is -1.99. The van der Waals surface area contributed by atoms with Crippen molar-refractivity contribution in [2.45, 2.75) is 58.9 Å². The van der Waals surface area contributed by atoms with Gasteiger partial charge < -0.3 is 10.4 Å². The number of thiophene rings is 1. The third kappa shape index (κ3) is 2.99. The molecule has 0 unspecified atom stereocenters. The second kappa shape index (κ2) is 6.96. The van der Waals surface area contributed by atoms with Crippen LogP contribution in [0.3, 0.4) is 0 Å². The van der Waals surface area contributed by atoms with Crippen LogP contribution in [0, 0.1) is 13.8 Å². The molecule has 6 nitrogen and oxygen atoms in total. The maximum Gasteiger partial charge on any atom is 0.254 e. The van der Waals surface area contributed by atoms with Gasteiger partial charge in [-0.1, -0.05) is 6.92 Å². The largest absolute Gasteiger partial charge is 0.394 e. The van der Waals surface area contributed by atoms with Crippen molar-refractivity contribution < 1.29 is 5.11 Å². The highest BCUT2D eigenvalue weighted by molar-refractivity contribution is 7.19. The normalized spacial score (nSPS) is 15.2. The van der Waals surface area contributed by atoms with Gasteiger partial charge in [0.2, 0.25) is 0 Å². The zero-order valence-corrected chi connectivity index (χ0v) is 16.4. The minimum absolute atomic E-state index is 0.0134. The lowest BCUT2D eigenvalue weighted by molar-refractivity contribution is 0.271. The van der Waals surface area contributed by atoms with Crippen LogP contribution in [0.1, 0.15) is 48.0 Å². The summed E-state index contributed by atoms with van der Waals surface area (Å²) in [7, 11) is 0. The van der Waals surface area contributed by atoms with Crippen LogP contribution in [0.25, 0.3) is 16.2 Å². The first-order chi connectivity index (χ1) is 12.6. The Balaban J connectivity index is 1.91. The first kappa shape index (κ1) is 17.4. The Morgan fingerprint density at radius 1 is 1.27 bits per heavy atom. The van der Waals surface area contributed by atoms with E-state index in [1.165, 1.54) is 23.3 Å². The van der Waals surface area contributed by atoms with E-state index < -0.39 is 0 Å². The van der Waals surface area contributed by atoms with E-state index in [4.69, 9.17) is 9.97 Å². The zero-order valence-electron chi connectivity index (χ0n) is 15.5. The van der Waals surface area contributed by atoms with Crippen LogP contribution in [0.15, 0.2) is 6.07 Å². The second-order valence-corrected chi connectivity index (χ2v) is 8.12. The number of aliphatic hydroxyl groups is 1. The van der Waals surface area contributed by atoms with Crippen molar-refractivity contribution in [3.8, 4) is 5.95 Å². The molecule has 1 aliphatic rings. The van der Waals surface area contributed by atoms with Gasteiger partial charge in [-0.15, -0.1) is 11.3 Å². The lowest BCUT2D eigenvalue weighted by Crippen LogP contribution is -2.24. The van der Waals surface area contributed by atoms with E-state index >= 15 is 0 Å². The fourth-order valence-electron chi connectivity index (χ4n) is 3.65.